The molecule has 1 fully saturated rings. The van der Waals surface area contributed by atoms with E-state index in [2.05, 4.69) is 45.8 Å². The van der Waals surface area contributed by atoms with E-state index in [1.807, 2.05) is 6.92 Å². The van der Waals surface area contributed by atoms with Crippen LogP contribution in [0.3, 0.4) is 0 Å². The highest BCUT2D eigenvalue weighted by Gasteiger charge is 2.26. The Balaban J connectivity index is 1.77. The molecule has 0 aliphatic heterocycles. The van der Waals surface area contributed by atoms with Gasteiger partial charge in [-0.05, 0) is 25.3 Å². The van der Waals surface area contributed by atoms with Crippen molar-refractivity contribution in [1.29, 1.82) is 0 Å². The zero-order valence-electron chi connectivity index (χ0n) is 11.2. The van der Waals surface area contributed by atoms with Gasteiger partial charge in [0.15, 0.2) is 0 Å². The molecule has 0 radical (unpaired) electrons. The molecule has 100 valence electrons. The Morgan fingerprint density at radius 2 is 1.89 bits per heavy atom. The van der Waals surface area contributed by atoms with Gasteiger partial charge in [0, 0.05) is 12.0 Å². The van der Waals surface area contributed by atoms with Crippen LogP contribution in [0.4, 0.5) is 5.13 Å². The Labute approximate surface area is 118 Å². The maximum atomic E-state index is 4.20. The van der Waals surface area contributed by atoms with Crippen LogP contribution in [-0.2, 0) is 0 Å². The quantitative estimate of drug-likeness (QED) is 0.919. The fraction of sp³-hybridized carbons (Fsp3) is 0.467. The molecular formula is C15H19N3S. The van der Waals surface area contributed by atoms with Crippen LogP contribution < -0.4 is 5.32 Å². The van der Waals surface area contributed by atoms with Gasteiger partial charge in [0.2, 0.25) is 5.13 Å². The number of hydrogen-bond acceptors (Lipinski definition) is 4. The van der Waals surface area contributed by atoms with Gasteiger partial charge in [-0.2, -0.15) is 0 Å². The average Bonchev–Trinajstić information content (AvgIpc) is 2.86. The van der Waals surface area contributed by atoms with Crippen LogP contribution in [-0.4, -0.2) is 16.2 Å². The van der Waals surface area contributed by atoms with Gasteiger partial charge < -0.3 is 5.32 Å². The third-order valence-corrected chi connectivity index (χ3v) is 4.60. The molecule has 1 aliphatic carbocycles. The summed E-state index contributed by atoms with van der Waals surface area (Å²) in [6.07, 6.45) is 5.11. The zero-order valence-corrected chi connectivity index (χ0v) is 12.0. The molecule has 2 unspecified atom stereocenters. The first kappa shape index (κ1) is 12.6. The first-order valence-corrected chi connectivity index (χ1v) is 7.76. The number of hydrogen-bond donors (Lipinski definition) is 1. The molecule has 1 aromatic heterocycles. The van der Waals surface area contributed by atoms with Crippen LogP contribution >= 0.6 is 11.3 Å². The maximum absolute atomic E-state index is 4.20. The fourth-order valence-corrected chi connectivity index (χ4v) is 3.57. The maximum Gasteiger partial charge on any atom is 0.205 e. The van der Waals surface area contributed by atoms with Crippen molar-refractivity contribution >= 4 is 16.5 Å². The van der Waals surface area contributed by atoms with Gasteiger partial charge in [-0.25, -0.2) is 0 Å². The zero-order chi connectivity index (χ0) is 13.1. The second-order valence-corrected chi connectivity index (χ2v) is 6.36. The van der Waals surface area contributed by atoms with Crippen molar-refractivity contribution in [3.63, 3.8) is 0 Å². The smallest absolute Gasteiger partial charge is 0.205 e. The molecule has 2 atom stereocenters. The van der Waals surface area contributed by atoms with Crippen LogP contribution in [0.15, 0.2) is 30.3 Å². The monoisotopic (exact) mass is 273 g/mol. The molecular weight excluding hydrogens is 254 g/mol. The molecule has 2 aromatic rings. The third-order valence-electron chi connectivity index (χ3n) is 3.83. The lowest BCUT2D eigenvalue weighted by Crippen LogP contribution is -2.30. The van der Waals surface area contributed by atoms with Crippen LogP contribution in [0.25, 0.3) is 0 Å². The molecule has 0 amide bonds. The highest BCUT2D eigenvalue weighted by molar-refractivity contribution is 7.15. The topological polar surface area (TPSA) is 37.8 Å². The molecule has 1 N–H and O–H groups in total. The number of nitrogens with zero attached hydrogens (tertiary/aromatic N) is 2. The summed E-state index contributed by atoms with van der Waals surface area (Å²) < 4.78 is 0. The molecule has 19 heavy (non-hydrogen) atoms. The molecule has 0 saturated heterocycles. The van der Waals surface area contributed by atoms with Crippen molar-refractivity contribution in [3.8, 4) is 0 Å². The first-order chi connectivity index (χ1) is 9.33. The number of rotatable bonds is 3. The average molecular weight is 273 g/mol. The summed E-state index contributed by atoms with van der Waals surface area (Å²) in [6.45, 7) is 2.00. The van der Waals surface area contributed by atoms with Gasteiger partial charge in [-0.1, -0.05) is 54.5 Å². The lowest BCUT2D eigenvalue weighted by molar-refractivity contribution is 0.405. The third kappa shape index (κ3) is 2.95. The number of benzene rings is 1. The van der Waals surface area contributed by atoms with E-state index in [1.165, 1.54) is 31.2 Å². The van der Waals surface area contributed by atoms with Crippen molar-refractivity contribution in [2.75, 3.05) is 5.32 Å². The summed E-state index contributed by atoms with van der Waals surface area (Å²) >= 11 is 1.65. The van der Waals surface area contributed by atoms with E-state index in [1.54, 1.807) is 11.3 Å². The summed E-state index contributed by atoms with van der Waals surface area (Å²) in [7, 11) is 0. The summed E-state index contributed by atoms with van der Waals surface area (Å²) in [5, 5.41) is 13.9. The molecule has 0 bridgehead atoms. The summed E-state index contributed by atoms with van der Waals surface area (Å²) in [5.41, 5.74) is 1.45. The van der Waals surface area contributed by atoms with Gasteiger partial charge in [-0.15, -0.1) is 10.2 Å². The largest absolute Gasteiger partial charge is 0.357 e. The number of nitrogens with one attached hydrogen (secondary N) is 1. The SMILES string of the molecule is Cc1nnc(NC2CCCCC2c2ccccc2)s1. The second kappa shape index (κ2) is 5.70. The molecule has 0 spiro atoms. The van der Waals surface area contributed by atoms with E-state index in [9.17, 15) is 0 Å². The van der Waals surface area contributed by atoms with Crippen LogP contribution in [0, 0.1) is 6.92 Å². The van der Waals surface area contributed by atoms with Gasteiger partial charge in [0.05, 0.1) is 0 Å². The highest BCUT2D eigenvalue weighted by Crippen LogP contribution is 2.35. The Morgan fingerprint density at radius 1 is 1.11 bits per heavy atom. The molecule has 1 aliphatic rings. The summed E-state index contributed by atoms with van der Waals surface area (Å²) in [6, 6.07) is 11.3. The highest BCUT2D eigenvalue weighted by atomic mass is 32.1. The van der Waals surface area contributed by atoms with Crippen molar-refractivity contribution in [1.82, 2.24) is 10.2 Å². The van der Waals surface area contributed by atoms with Crippen LogP contribution in [0.2, 0.25) is 0 Å². The predicted octanol–water partition coefficient (Wildman–Crippen LogP) is 3.98. The Kier molecular flexibility index (Phi) is 3.78. The number of aryl methyl sites for hydroxylation is 1. The standard InChI is InChI=1S/C15H19N3S/c1-11-17-18-15(19-11)16-14-10-6-5-9-13(14)12-7-3-2-4-8-12/h2-4,7-8,13-14H,5-6,9-10H2,1H3,(H,16,18). The van der Waals surface area contributed by atoms with Crippen molar-refractivity contribution < 1.29 is 0 Å². The van der Waals surface area contributed by atoms with Gasteiger partial charge in [0.25, 0.3) is 0 Å². The Bertz CT molecular complexity index is 523. The van der Waals surface area contributed by atoms with Crippen molar-refractivity contribution in [2.45, 2.75) is 44.6 Å². The minimum atomic E-state index is 0.489. The van der Waals surface area contributed by atoms with E-state index in [-0.39, 0.29) is 0 Å². The van der Waals surface area contributed by atoms with Crippen LogP contribution in [0.5, 0.6) is 0 Å². The normalized spacial score (nSPS) is 23.2. The Morgan fingerprint density at radius 3 is 2.63 bits per heavy atom. The number of aromatic nitrogens is 2. The molecule has 1 aromatic carbocycles. The second-order valence-electron chi connectivity index (χ2n) is 5.18. The van der Waals surface area contributed by atoms with E-state index in [0.717, 1.165) is 10.1 Å². The lowest BCUT2D eigenvalue weighted by atomic mass is 9.80. The van der Waals surface area contributed by atoms with Gasteiger partial charge >= 0.3 is 0 Å². The predicted molar refractivity (Wildman–Crippen MR) is 79.7 cm³/mol. The van der Waals surface area contributed by atoms with E-state index in [4.69, 9.17) is 0 Å². The Hall–Kier alpha value is -1.42. The minimum Gasteiger partial charge on any atom is -0.357 e. The first-order valence-electron chi connectivity index (χ1n) is 6.94. The van der Waals surface area contributed by atoms with Crippen molar-refractivity contribution in [2.24, 2.45) is 0 Å². The summed E-state index contributed by atoms with van der Waals surface area (Å²) in [5.74, 6) is 0.596. The van der Waals surface area contributed by atoms with Gasteiger partial charge in [0.1, 0.15) is 5.01 Å². The van der Waals surface area contributed by atoms with E-state index < -0.39 is 0 Å². The van der Waals surface area contributed by atoms with Gasteiger partial charge in [-0.3, -0.25) is 0 Å². The molecule has 1 heterocycles. The molecule has 4 heteroatoms. The van der Waals surface area contributed by atoms with Crippen LogP contribution in [0.1, 0.15) is 42.2 Å². The lowest BCUT2D eigenvalue weighted by Gasteiger charge is -2.32. The summed E-state index contributed by atoms with van der Waals surface area (Å²) in [4.78, 5) is 0. The number of anilines is 1. The molecule has 1 saturated carbocycles. The molecule has 3 nitrogen and oxygen atoms in total. The van der Waals surface area contributed by atoms with E-state index >= 15 is 0 Å². The van der Waals surface area contributed by atoms with Crippen molar-refractivity contribution in [3.05, 3.63) is 40.9 Å². The fourth-order valence-electron chi connectivity index (χ4n) is 2.92. The van der Waals surface area contributed by atoms with E-state index in [0.29, 0.717) is 12.0 Å². The minimum absolute atomic E-state index is 0.489. The molecule has 3 rings (SSSR count).